The smallest absolute Gasteiger partial charge is 0.280 e. The number of aryl methyl sites for hydroxylation is 1. The third-order valence-corrected chi connectivity index (χ3v) is 4.41. The van der Waals surface area contributed by atoms with Gasteiger partial charge in [0.2, 0.25) is 5.95 Å². The summed E-state index contributed by atoms with van der Waals surface area (Å²) >= 11 is 0. The van der Waals surface area contributed by atoms with E-state index in [4.69, 9.17) is 9.26 Å². The summed E-state index contributed by atoms with van der Waals surface area (Å²) in [5.41, 5.74) is 1.31. The number of benzene rings is 2. The average Bonchev–Trinajstić information content (AvgIpc) is 3.34. The molecule has 4 aromatic rings. The molecule has 2 heterocycles. The second-order valence-electron chi connectivity index (χ2n) is 6.63. The van der Waals surface area contributed by atoms with Gasteiger partial charge in [-0.25, -0.2) is 18.4 Å². The molecule has 0 unspecified atom stereocenters. The van der Waals surface area contributed by atoms with Crippen molar-refractivity contribution < 1.29 is 22.8 Å². The molecule has 0 bridgehead atoms. The summed E-state index contributed by atoms with van der Waals surface area (Å²) in [6.07, 6.45) is 1.50. The van der Waals surface area contributed by atoms with Gasteiger partial charge >= 0.3 is 0 Å². The standard InChI is InChI=1S/C21H17F2N5O3/c1-13-16(11-30-18-8-7-15(22)9-17(18)23)19(27-31-13)20(29)25-21-24-12-28(26-21)10-14-5-3-2-4-6-14/h2-9,12H,10-11H2,1H3,(H,25,26,29). The average molecular weight is 425 g/mol. The molecule has 31 heavy (non-hydrogen) atoms. The molecule has 0 aliphatic heterocycles. The van der Waals surface area contributed by atoms with Gasteiger partial charge in [-0.2, -0.15) is 0 Å². The molecule has 8 nitrogen and oxygen atoms in total. The SMILES string of the molecule is Cc1onc(C(=O)Nc2ncn(Cc3ccccc3)n2)c1COc1ccc(F)cc1F. The fourth-order valence-corrected chi connectivity index (χ4v) is 2.84. The molecule has 0 saturated carbocycles. The van der Waals surface area contributed by atoms with E-state index in [-0.39, 0.29) is 24.0 Å². The zero-order valence-electron chi connectivity index (χ0n) is 16.4. The molecule has 0 aliphatic rings. The topological polar surface area (TPSA) is 95.1 Å². The largest absolute Gasteiger partial charge is 0.486 e. The van der Waals surface area contributed by atoms with E-state index in [9.17, 15) is 13.6 Å². The zero-order valence-corrected chi connectivity index (χ0v) is 16.4. The highest BCUT2D eigenvalue weighted by Crippen LogP contribution is 2.22. The minimum Gasteiger partial charge on any atom is -0.486 e. The monoisotopic (exact) mass is 425 g/mol. The summed E-state index contributed by atoms with van der Waals surface area (Å²) in [6, 6.07) is 12.6. The summed E-state index contributed by atoms with van der Waals surface area (Å²) in [4.78, 5) is 16.7. The maximum Gasteiger partial charge on any atom is 0.280 e. The summed E-state index contributed by atoms with van der Waals surface area (Å²) < 4.78 is 38.9. The molecule has 10 heteroatoms. The van der Waals surface area contributed by atoms with Crippen molar-refractivity contribution in [1.29, 1.82) is 0 Å². The van der Waals surface area contributed by atoms with Crippen LogP contribution in [0.4, 0.5) is 14.7 Å². The van der Waals surface area contributed by atoms with Crippen molar-refractivity contribution in [2.24, 2.45) is 0 Å². The van der Waals surface area contributed by atoms with Crippen LogP contribution < -0.4 is 10.1 Å². The fourth-order valence-electron chi connectivity index (χ4n) is 2.84. The molecule has 0 saturated heterocycles. The van der Waals surface area contributed by atoms with Gasteiger partial charge in [0, 0.05) is 6.07 Å². The highest BCUT2D eigenvalue weighted by atomic mass is 19.1. The number of nitrogens with zero attached hydrogens (tertiary/aromatic N) is 4. The molecule has 2 aromatic carbocycles. The number of halogens is 2. The van der Waals surface area contributed by atoms with Gasteiger partial charge < -0.3 is 9.26 Å². The molecule has 1 N–H and O–H groups in total. The molecule has 0 atom stereocenters. The molecule has 158 valence electrons. The molecule has 0 radical (unpaired) electrons. The van der Waals surface area contributed by atoms with Crippen LogP contribution in [0.15, 0.2) is 59.4 Å². The molecule has 0 fully saturated rings. The Bertz CT molecular complexity index is 1210. The lowest BCUT2D eigenvalue weighted by atomic mass is 10.2. The molecule has 2 aromatic heterocycles. The van der Waals surface area contributed by atoms with Crippen molar-refractivity contribution in [2.45, 2.75) is 20.1 Å². The van der Waals surface area contributed by atoms with Crippen LogP contribution in [0.2, 0.25) is 0 Å². The number of rotatable bonds is 7. The number of aromatic nitrogens is 4. The van der Waals surface area contributed by atoms with E-state index in [1.165, 1.54) is 6.33 Å². The van der Waals surface area contributed by atoms with E-state index >= 15 is 0 Å². The van der Waals surface area contributed by atoms with Crippen molar-refractivity contribution in [3.63, 3.8) is 0 Å². The van der Waals surface area contributed by atoms with Gasteiger partial charge in [-0.3, -0.25) is 10.1 Å². The van der Waals surface area contributed by atoms with Crippen molar-refractivity contribution in [3.8, 4) is 5.75 Å². The Morgan fingerprint density at radius 2 is 2.00 bits per heavy atom. The molecule has 0 spiro atoms. The highest BCUT2D eigenvalue weighted by molar-refractivity contribution is 6.02. The van der Waals surface area contributed by atoms with Gasteiger partial charge in [-0.1, -0.05) is 35.5 Å². The number of amides is 1. The Hall–Kier alpha value is -4.08. The second-order valence-corrected chi connectivity index (χ2v) is 6.63. The van der Waals surface area contributed by atoms with Crippen molar-refractivity contribution in [2.75, 3.05) is 5.32 Å². The van der Waals surface area contributed by atoms with Crippen molar-refractivity contribution >= 4 is 11.9 Å². The summed E-state index contributed by atoms with van der Waals surface area (Å²) in [7, 11) is 0. The van der Waals surface area contributed by atoms with Gasteiger partial charge in [0.05, 0.1) is 12.1 Å². The number of ether oxygens (including phenoxy) is 1. The maximum atomic E-state index is 13.8. The first-order chi connectivity index (χ1) is 15.0. The summed E-state index contributed by atoms with van der Waals surface area (Å²) in [6.45, 7) is 1.89. The Morgan fingerprint density at radius 3 is 2.77 bits per heavy atom. The van der Waals surface area contributed by atoms with Crippen LogP contribution in [0.1, 0.15) is 27.4 Å². The number of hydrogen-bond donors (Lipinski definition) is 1. The van der Waals surface area contributed by atoms with Crippen LogP contribution in [-0.2, 0) is 13.2 Å². The molecule has 1 amide bonds. The van der Waals surface area contributed by atoms with Crippen LogP contribution in [0.25, 0.3) is 0 Å². The second kappa shape index (κ2) is 8.74. The minimum atomic E-state index is -0.853. The van der Waals surface area contributed by atoms with Gasteiger partial charge in [-0.15, -0.1) is 5.10 Å². The van der Waals surface area contributed by atoms with Crippen LogP contribution in [0, 0.1) is 18.6 Å². The number of anilines is 1. The summed E-state index contributed by atoms with van der Waals surface area (Å²) in [5, 5.41) is 10.5. The Balaban J connectivity index is 1.43. The Morgan fingerprint density at radius 1 is 1.19 bits per heavy atom. The lowest BCUT2D eigenvalue weighted by Crippen LogP contribution is -2.16. The van der Waals surface area contributed by atoms with Gasteiger partial charge in [-0.05, 0) is 24.6 Å². The molecule has 4 rings (SSSR count). The fraction of sp³-hybridized carbons (Fsp3) is 0.143. The van der Waals surface area contributed by atoms with Gasteiger partial charge in [0.15, 0.2) is 17.3 Å². The van der Waals surface area contributed by atoms with E-state index in [1.807, 2.05) is 30.3 Å². The van der Waals surface area contributed by atoms with E-state index in [2.05, 4.69) is 20.6 Å². The van der Waals surface area contributed by atoms with Crippen LogP contribution in [0.3, 0.4) is 0 Å². The first-order valence-electron chi connectivity index (χ1n) is 9.27. The first kappa shape index (κ1) is 20.2. The summed E-state index contributed by atoms with van der Waals surface area (Å²) in [5.74, 6) is -1.91. The first-order valence-corrected chi connectivity index (χ1v) is 9.27. The molecular formula is C21H17F2N5O3. The van der Waals surface area contributed by atoms with Crippen LogP contribution >= 0.6 is 0 Å². The van der Waals surface area contributed by atoms with Crippen LogP contribution in [0.5, 0.6) is 5.75 Å². The Kier molecular flexibility index (Phi) is 5.69. The Labute approximate surface area is 175 Å². The third kappa shape index (κ3) is 4.74. The van der Waals surface area contributed by atoms with E-state index in [0.717, 1.165) is 17.7 Å². The molecule has 0 aliphatic carbocycles. The van der Waals surface area contributed by atoms with Crippen molar-refractivity contribution in [1.82, 2.24) is 19.9 Å². The normalized spacial score (nSPS) is 10.8. The number of nitrogens with one attached hydrogen (secondary N) is 1. The predicted molar refractivity (Wildman–Crippen MR) is 105 cm³/mol. The number of carbonyl (C=O) groups is 1. The molecular weight excluding hydrogens is 408 g/mol. The number of hydrogen-bond acceptors (Lipinski definition) is 6. The van der Waals surface area contributed by atoms with Crippen molar-refractivity contribution in [3.05, 3.63) is 89.1 Å². The lowest BCUT2D eigenvalue weighted by molar-refractivity contribution is 0.101. The lowest BCUT2D eigenvalue weighted by Gasteiger charge is -2.07. The quantitative estimate of drug-likeness (QED) is 0.485. The van der Waals surface area contributed by atoms with E-state index in [1.54, 1.807) is 11.6 Å². The number of carbonyl (C=O) groups excluding carboxylic acids is 1. The maximum absolute atomic E-state index is 13.8. The highest BCUT2D eigenvalue weighted by Gasteiger charge is 2.22. The zero-order chi connectivity index (χ0) is 21.8. The predicted octanol–water partition coefficient (Wildman–Crippen LogP) is 3.73. The van der Waals surface area contributed by atoms with E-state index < -0.39 is 17.5 Å². The van der Waals surface area contributed by atoms with E-state index in [0.29, 0.717) is 23.9 Å². The minimum absolute atomic E-state index is 0.0422. The van der Waals surface area contributed by atoms with Gasteiger partial charge in [0.1, 0.15) is 24.5 Å². The third-order valence-electron chi connectivity index (χ3n) is 4.41. The van der Waals surface area contributed by atoms with Crippen LogP contribution in [-0.4, -0.2) is 25.8 Å². The van der Waals surface area contributed by atoms with Gasteiger partial charge in [0.25, 0.3) is 5.91 Å².